The molecule has 12 heavy (non-hydrogen) atoms. The van der Waals surface area contributed by atoms with Crippen LogP contribution >= 0.6 is 0 Å². The third-order valence-corrected chi connectivity index (χ3v) is 3.19. The molecule has 3 aliphatic rings. The number of nitrogens with two attached hydrogens (primary N) is 1. The zero-order valence-electron chi connectivity index (χ0n) is 6.43. The predicted molar refractivity (Wildman–Crippen MR) is 38.1 cm³/mol. The van der Waals surface area contributed by atoms with Crippen LogP contribution in [0.2, 0.25) is 0 Å². The van der Waals surface area contributed by atoms with Gasteiger partial charge < -0.3 is 10.9 Å². The highest BCUT2D eigenvalue weighted by molar-refractivity contribution is 5.89. The number of halogens is 2. The van der Waals surface area contributed by atoms with Gasteiger partial charge in [0.15, 0.2) is 0 Å². The Balaban J connectivity index is 2.04. The Bertz CT molecular complexity index is 232. The molecule has 0 aromatic heterocycles. The van der Waals surface area contributed by atoms with Crippen molar-refractivity contribution in [1.82, 2.24) is 0 Å². The zero-order chi connectivity index (χ0) is 8.98. The summed E-state index contributed by atoms with van der Waals surface area (Å²) < 4.78 is 24.6. The quantitative estimate of drug-likeness (QED) is 0.287. The van der Waals surface area contributed by atoms with Gasteiger partial charge in [-0.05, 0) is 19.3 Å². The van der Waals surface area contributed by atoms with Crippen LogP contribution in [0.25, 0.3) is 0 Å². The van der Waals surface area contributed by atoms with Crippen molar-refractivity contribution in [3.8, 4) is 0 Å². The molecule has 0 heterocycles. The summed E-state index contributed by atoms with van der Waals surface area (Å²) in [7, 11) is 0. The standard InChI is InChI=1S/C7H10F2N2O/c8-4(9)6-1-7(2-6,3-6)5(10)11-12/h4,12H,1-3H2,(H2,10,11). The average molecular weight is 176 g/mol. The SMILES string of the molecule is NC(=NO)C12CC(C(F)F)(C1)C2. The topological polar surface area (TPSA) is 58.6 Å². The second kappa shape index (κ2) is 1.89. The summed E-state index contributed by atoms with van der Waals surface area (Å²) in [6.45, 7) is 0. The lowest BCUT2D eigenvalue weighted by molar-refractivity contribution is -0.232. The molecule has 0 spiro atoms. The van der Waals surface area contributed by atoms with Crippen molar-refractivity contribution >= 4 is 5.84 Å². The number of rotatable bonds is 2. The first-order chi connectivity index (χ1) is 5.55. The first-order valence-electron chi connectivity index (χ1n) is 3.81. The lowest BCUT2D eigenvalue weighted by Gasteiger charge is -2.69. The highest BCUT2D eigenvalue weighted by atomic mass is 19.3. The lowest BCUT2D eigenvalue weighted by atomic mass is 9.35. The van der Waals surface area contributed by atoms with Crippen LogP contribution in [-0.4, -0.2) is 17.5 Å². The summed E-state index contributed by atoms with van der Waals surface area (Å²) in [5.74, 6) is 0.116. The van der Waals surface area contributed by atoms with E-state index in [0.29, 0.717) is 19.3 Å². The van der Waals surface area contributed by atoms with E-state index < -0.39 is 11.8 Å². The summed E-state index contributed by atoms with van der Waals surface area (Å²) in [5, 5.41) is 11.2. The number of amidine groups is 1. The number of oxime groups is 1. The Labute approximate surface area is 68.2 Å². The highest BCUT2D eigenvalue weighted by Crippen LogP contribution is 2.75. The molecule has 0 aliphatic heterocycles. The van der Waals surface area contributed by atoms with Crippen LogP contribution in [-0.2, 0) is 0 Å². The molecular formula is C7H10F2N2O. The number of hydrogen-bond acceptors (Lipinski definition) is 2. The van der Waals surface area contributed by atoms with Crippen LogP contribution in [0.15, 0.2) is 5.16 Å². The van der Waals surface area contributed by atoms with E-state index in [1.807, 2.05) is 0 Å². The second-order valence-corrected chi connectivity index (χ2v) is 3.96. The summed E-state index contributed by atoms with van der Waals surface area (Å²) >= 11 is 0. The smallest absolute Gasteiger partial charge is 0.244 e. The van der Waals surface area contributed by atoms with Crippen LogP contribution in [0.4, 0.5) is 8.78 Å². The van der Waals surface area contributed by atoms with Gasteiger partial charge in [-0.2, -0.15) is 0 Å². The van der Waals surface area contributed by atoms with E-state index in [1.54, 1.807) is 0 Å². The van der Waals surface area contributed by atoms with Crippen molar-refractivity contribution in [2.75, 3.05) is 0 Å². The van der Waals surface area contributed by atoms with Gasteiger partial charge in [0.2, 0.25) is 6.43 Å². The minimum Gasteiger partial charge on any atom is -0.409 e. The van der Waals surface area contributed by atoms with Crippen molar-refractivity contribution in [3.05, 3.63) is 0 Å². The molecule has 0 atom stereocenters. The molecule has 68 valence electrons. The van der Waals surface area contributed by atoms with Crippen molar-refractivity contribution in [2.24, 2.45) is 21.7 Å². The van der Waals surface area contributed by atoms with E-state index in [4.69, 9.17) is 10.9 Å². The summed E-state index contributed by atoms with van der Waals surface area (Å²) in [5.41, 5.74) is 4.18. The Hall–Kier alpha value is -0.870. The second-order valence-electron chi connectivity index (χ2n) is 3.96. The molecule has 3 fully saturated rings. The molecule has 0 aromatic rings. The summed E-state index contributed by atoms with van der Waals surface area (Å²) in [6, 6.07) is 0. The van der Waals surface area contributed by atoms with Crippen molar-refractivity contribution in [2.45, 2.75) is 25.7 Å². The average Bonchev–Trinajstić information content (AvgIpc) is 1.80. The van der Waals surface area contributed by atoms with Crippen LogP contribution < -0.4 is 5.73 Å². The summed E-state index contributed by atoms with van der Waals surface area (Å²) in [4.78, 5) is 0. The molecule has 0 unspecified atom stereocenters. The minimum absolute atomic E-state index is 0.116. The van der Waals surface area contributed by atoms with Crippen LogP contribution in [0.1, 0.15) is 19.3 Å². The fourth-order valence-electron chi connectivity index (χ4n) is 2.48. The monoisotopic (exact) mass is 176 g/mol. The van der Waals surface area contributed by atoms with Gasteiger partial charge in [0.05, 0.1) is 0 Å². The maximum atomic E-state index is 12.3. The van der Waals surface area contributed by atoms with E-state index in [2.05, 4.69) is 5.16 Å². The highest BCUT2D eigenvalue weighted by Gasteiger charge is 2.73. The molecule has 0 aromatic carbocycles. The zero-order valence-corrected chi connectivity index (χ0v) is 6.43. The number of hydrogen-bond donors (Lipinski definition) is 2. The fourth-order valence-corrected chi connectivity index (χ4v) is 2.48. The van der Waals surface area contributed by atoms with Gasteiger partial charge in [-0.3, -0.25) is 0 Å². The molecule has 3 N–H and O–H groups in total. The Morgan fingerprint density at radius 2 is 1.92 bits per heavy atom. The number of alkyl halides is 2. The Morgan fingerprint density at radius 3 is 2.25 bits per heavy atom. The Kier molecular flexibility index (Phi) is 1.22. The molecule has 3 saturated carbocycles. The first kappa shape index (κ1) is 7.76. The molecule has 5 heteroatoms. The van der Waals surface area contributed by atoms with Gasteiger partial charge in [-0.25, -0.2) is 8.78 Å². The van der Waals surface area contributed by atoms with Crippen molar-refractivity contribution in [3.63, 3.8) is 0 Å². The van der Waals surface area contributed by atoms with E-state index in [-0.39, 0.29) is 11.3 Å². The van der Waals surface area contributed by atoms with Crippen LogP contribution in [0, 0.1) is 10.8 Å². The fraction of sp³-hybridized carbons (Fsp3) is 0.857. The maximum Gasteiger partial charge on any atom is 0.244 e. The van der Waals surface area contributed by atoms with Gasteiger partial charge >= 0.3 is 0 Å². The number of nitrogens with zero attached hydrogens (tertiary/aromatic N) is 1. The van der Waals surface area contributed by atoms with Crippen LogP contribution in [0.3, 0.4) is 0 Å². The maximum absolute atomic E-state index is 12.3. The van der Waals surface area contributed by atoms with Gasteiger partial charge in [0.1, 0.15) is 5.84 Å². The molecule has 3 rings (SSSR count). The van der Waals surface area contributed by atoms with E-state index in [0.717, 1.165) is 0 Å². The summed E-state index contributed by atoms with van der Waals surface area (Å²) in [6.07, 6.45) is -1.11. The normalized spacial score (nSPS) is 45.4. The van der Waals surface area contributed by atoms with Gasteiger partial charge in [0, 0.05) is 10.8 Å². The molecule has 3 nitrogen and oxygen atoms in total. The van der Waals surface area contributed by atoms with Crippen molar-refractivity contribution < 1.29 is 14.0 Å². The minimum atomic E-state index is -2.26. The lowest BCUT2D eigenvalue weighted by Crippen LogP contribution is -2.69. The molecule has 3 aliphatic carbocycles. The van der Waals surface area contributed by atoms with E-state index in [1.165, 1.54) is 0 Å². The van der Waals surface area contributed by atoms with E-state index >= 15 is 0 Å². The molecular weight excluding hydrogens is 166 g/mol. The predicted octanol–water partition coefficient (Wildman–Crippen LogP) is 1.17. The largest absolute Gasteiger partial charge is 0.409 e. The third-order valence-electron chi connectivity index (χ3n) is 3.19. The first-order valence-corrected chi connectivity index (χ1v) is 3.81. The molecule has 2 bridgehead atoms. The Morgan fingerprint density at radius 1 is 1.42 bits per heavy atom. The van der Waals surface area contributed by atoms with Gasteiger partial charge in [-0.1, -0.05) is 5.16 Å². The van der Waals surface area contributed by atoms with Crippen molar-refractivity contribution in [1.29, 1.82) is 0 Å². The molecule has 0 saturated heterocycles. The van der Waals surface area contributed by atoms with Crippen LogP contribution in [0.5, 0.6) is 0 Å². The van der Waals surface area contributed by atoms with Gasteiger partial charge in [0.25, 0.3) is 0 Å². The molecule has 0 radical (unpaired) electrons. The third kappa shape index (κ3) is 0.623. The van der Waals surface area contributed by atoms with Gasteiger partial charge in [-0.15, -0.1) is 0 Å². The van der Waals surface area contributed by atoms with E-state index in [9.17, 15) is 8.78 Å². The molecule has 0 amide bonds.